The number of nitro benzene ring substituents is 1. The third-order valence-corrected chi connectivity index (χ3v) is 7.10. The minimum absolute atomic E-state index is 0.00244. The van der Waals surface area contributed by atoms with E-state index in [1.165, 1.54) is 24.3 Å². The van der Waals surface area contributed by atoms with E-state index in [9.17, 15) is 24.5 Å². The van der Waals surface area contributed by atoms with Gasteiger partial charge in [-0.2, -0.15) is 0 Å². The van der Waals surface area contributed by atoms with Crippen LogP contribution in [0, 0.1) is 17.0 Å². The third kappa shape index (κ3) is 5.51. The number of nitro groups is 1. The molecule has 1 atom stereocenters. The Morgan fingerprint density at radius 1 is 0.923 bits per heavy atom. The lowest BCUT2D eigenvalue weighted by atomic mass is 9.98. The topological polar surface area (TPSA) is 125 Å². The van der Waals surface area contributed by atoms with Crippen LogP contribution in [-0.4, -0.2) is 53.7 Å². The number of hydrogen-bond donors (Lipinski definition) is 2. The SMILES string of the molecule is Cc1ccc(C2CC(=O)Nc3cc(C(=O)N4CCCNCC4)ccc3N2C(=O)c2ccc([N+](=O)[O-])cc2)cc1. The van der Waals surface area contributed by atoms with Crippen molar-refractivity contribution in [3.8, 4) is 0 Å². The van der Waals surface area contributed by atoms with E-state index in [-0.39, 0.29) is 29.5 Å². The lowest BCUT2D eigenvalue weighted by Gasteiger charge is -2.31. The molecule has 2 heterocycles. The molecule has 0 saturated carbocycles. The van der Waals surface area contributed by atoms with Crippen molar-refractivity contribution < 1.29 is 19.3 Å². The van der Waals surface area contributed by atoms with Gasteiger partial charge >= 0.3 is 0 Å². The number of benzene rings is 3. The van der Waals surface area contributed by atoms with Crippen LogP contribution in [0.15, 0.2) is 66.7 Å². The van der Waals surface area contributed by atoms with E-state index >= 15 is 0 Å². The Bertz CT molecular complexity index is 1410. The van der Waals surface area contributed by atoms with Crippen molar-refractivity contribution in [1.29, 1.82) is 0 Å². The highest BCUT2D eigenvalue weighted by atomic mass is 16.6. The van der Waals surface area contributed by atoms with Gasteiger partial charge in [0.1, 0.15) is 0 Å². The Labute approximate surface area is 225 Å². The predicted octanol–water partition coefficient (Wildman–Crippen LogP) is 4.07. The number of aryl methyl sites for hydroxylation is 1. The Kier molecular flexibility index (Phi) is 7.38. The van der Waals surface area contributed by atoms with Crippen molar-refractivity contribution in [3.63, 3.8) is 0 Å². The van der Waals surface area contributed by atoms with Crippen molar-refractivity contribution >= 4 is 34.8 Å². The van der Waals surface area contributed by atoms with Gasteiger partial charge in [0, 0.05) is 42.9 Å². The molecule has 2 aliphatic heterocycles. The molecule has 1 unspecified atom stereocenters. The minimum atomic E-state index is -0.632. The zero-order valence-corrected chi connectivity index (χ0v) is 21.6. The second kappa shape index (κ2) is 11.0. The van der Waals surface area contributed by atoms with E-state index in [1.54, 1.807) is 28.0 Å². The first-order valence-electron chi connectivity index (χ1n) is 12.9. The van der Waals surface area contributed by atoms with Crippen molar-refractivity contribution in [3.05, 3.63) is 99.1 Å². The van der Waals surface area contributed by atoms with Gasteiger partial charge < -0.3 is 15.5 Å². The van der Waals surface area contributed by atoms with Gasteiger partial charge in [-0.3, -0.25) is 29.4 Å². The summed E-state index contributed by atoms with van der Waals surface area (Å²) >= 11 is 0. The average molecular weight is 528 g/mol. The molecule has 0 spiro atoms. The molecular formula is C29H29N5O5. The molecule has 10 nitrogen and oxygen atoms in total. The smallest absolute Gasteiger partial charge is 0.269 e. The van der Waals surface area contributed by atoms with E-state index in [2.05, 4.69) is 10.6 Å². The highest BCUT2D eigenvalue weighted by Crippen LogP contribution is 2.40. The van der Waals surface area contributed by atoms with Crippen molar-refractivity contribution in [2.75, 3.05) is 36.4 Å². The number of nitrogens with zero attached hydrogens (tertiary/aromatic N) is 3. The first-order chi connectivity index (χ1) is 18.8. The van der Waals surface area contributed by atoms with Crippen LogP contribution in [0.4, 0.5) is 17.1 Å². The highest BCUT2D eigenvalue weighted by Gasteiger charge is 2.35. The summed E-state index contributed by atoms with van der Waals surface area (Å²) < 4.78 is 0. The standard InChI is InChI=1S/C29H29N5O5/c1-19-3-5-20(6-4-19)26-18-27(35)31-24-17-22(28(36)32-15-2-13-30-14-16-32)9-12-25(24)33(26)29(37)21-7-10-23(11-8-21)34(38)39/h3-12,17,26,30H,2,13-16,18H2,1H3,(H,31,35). The third-order valence-electron chi connectivity index (χ3n) is 7.10. The Morgan fingerprint density at radius 2 is 1.64 bits per heavy atom. The molecule has 0 aliphatic carbocycles. The summed E-state index contributed by atoms with van der Waals surface area (Å²) in [6.45, 7) is 4.74. The molecule has 0 bridgehead atoms. The molecule has 3 aromatic rings. The molecule has 3 aromatic carbocycles. The summed E-state index contributed by atoms with van der Waals surface area (Å²) in [6.07, 6.45) is 0.848. The maximum Gasteiger partial charge on any atom is 0.269 e. The summed E-state index contributed by atoms with van der Waals surface area (Å²) in [5, 5.41) is 17.3. The number of anilines is 2. The van der Waals surface area contributed by atoms with Crippen molar-refractivity contribution in [1.82, 2.24) is 10.2 Å². The van der Waals surface area contributed by atoms with E-state index in [0.717, 1.165) is 24.1 Å². The largest absolute Gasteiger partial charge is 0.337 e. The van der Waals surface area contributed by atoms with Gasteiger partial charge in [0.25, 0.3) is 17.5 Å². The summed E-state index contributed by atoms with van der Waals surface area (Å²) in [5.41, 5.74) is 3.17. The van der Waals surface area contributed by atoms with Crippen LogP contribution in [0.3, 0.4) is 0 Å². The predicted molar refractivity (Wildman–Crippen MR) is 147 cm³/mol. The van der Waals surface area contributed by atoms with Crippen LogP contribution >= 0.6 is 0 Å². The van der Waals surface area contributed by atoms with Crippen molar-refractivity contribution in [2.24, 2.45) is 0 Å². The van der Waals surface area contributed by atoms with Gasteiger partial charge in [0.2, 0.25) is 5.91 Å². The highest BCUT2D eigenvalue weighted by molar-refractivity contribution is 6.12. The number of amides is 3. The molecule has 2 aliphatic rings. The molecule has 0 aromatic heterocycles. The summed E-state index contributed by atoms with van der Waals surface area (Å²) in [4.78, 5) is 54.4. The molecule has 3 amide bonds. The number of rotatable bonds is 4. The van der Waals surface area contributed by atoms with Gasteiger partial charge in [-0.1, -0.05) is 29.8 Å². The maximum absolute atomic E-state index is 14.0. The van der Waals surface area contributed by atoms with Crippen molar-refractivity contribution in [2.45, 2.75) is 25.8 Å². The van der Waals surface area contributed by atoms with Crippen LogP contribution in [0.5, 0.6) is 0 Å². The number of non-ortho nitro benzene ring substituents is 1. The first kappa shape index (κ1) is 26.1. The normalized spacial score (nSPS) is 17.5. The van der Waals surface area contributed by atoms with Crippen LogP contribution in [0.25, 0.3) is 0 Å². The van der Waals surface area contributed by atoms with E-state index in [1.807, 2.05) is 31.2 Å². The van der Waals surface area contributed by atoms with Gasteiger partial charge in [-0.15, -0.1) is 0 Å². The van der Waals surface area contributed by atoms with Crippen LogP contribution in [0.2, 0.25) is 0 Å². The van der Waals surface area contributed by atoms with E-state index in [4.69, 9.17) is 0 Å². The molecule has 2 N–H and O–H groups in total. The fraction of sp³-hybridized carbons (Fsp3) is 0.276. The molecule has 0 radical (unpaired) electrons. The van der Waals surface area contributed by atoms with Gasteiger partial charge in [0.15, 0.2) is 0 Å². The number of carbonyl (C=O) groups excluding carboxylic acids is 3. The number of hydrogen-bond acceptors (Lipinski definition) is 6. The fourth-order valence-corrected chi connectivity index (χ4v) is 5.02. The molecular weight excluding hydrogens is 498 g/mol. The van der Waals surface area contributed by atoms with Gasteiger partial charge in [-0.25, -0.2) is 0 Å². The summed E-state index contributed by atoms with van der Waals surface area (Å²) in [6, 6.07) is 17.4. The second-order valence-corrected chi connectivity index (χ2v) is 9.79. The lowest BCUT2D eigenvalue weighted by molar-refractivity contribution is -0.384. The number of fused-ring (bicyclic) bond motifs is 1. The number of carbonyl (C=O) groups is 3. The lowest BCUT2D eigenvalue weighted by Crippen LogP contribution is -2.35. The Morgan fingerprint density at radius 3 is 2.36 bits per heavy atom. The second-order valence-electron chi connectivity index (χ2n) is 9.79. The molecule has 200 valence electrons. The quantitative estimate of drug-likeness (QED) is 0.389. The van der Waals surface area contributed by atoms with Crippen LogP contribution < -0.4 is 15.5 Å². The van der Waals surface area contributed by atoms with Gasteiger partial charge in [0.05, 0.1) is 28.8 Å². The first-order valence-corrected chi connectivity index (χ1v) is 12.9. The summed E-state index contributed by atoms with van der Waals surface area (Å²) in [5.74, 6) is -0.835. The zero-order valence-electron chi connectivity index (χ0n) is 21.6. The zero-order chi connectivity index (χ0) is 27.5. The fourth-order valence-electron chi connectivity index (χ4n) is 5.02. The van der Waals surface area contributed by atoms with Crippen LogP contribution in [-0.2, 0) is 4.79 Å². The average Bonchev–Trinajstić information content (AvgIpc) is 3.30. The Hall–Kier alpha value is -4.57. The molecule has 5 rings (SSSR count). The monoisotopic (exact) mass is 527 g/mol. The molecule has 1 saturated heterocycles. The number of nitrogens with one attached hydrogen (secondary N) is 2. The van der Waals surface area contributed by atoms with E-state index < -0.39 is 16.9 Å². The minimum Gasteiger partial charge on any atom is -0.337 e. The molecule has 39 heavy (non-hydrogen) atoms. The summed E-state index contributed by atoms with van der Waals surface area (Å²) in [7, 11) is 0. The van der Waals surface area contributed by atoms with Gasteiger partial charge in [-0.05, 0) is 55.8 Å². The molecule has 1 fully saturated rings. The van der Waals surface area contributed by atoms with Crippen LogP contribution in [0.1, 0.15) is 50.7 Å². The molecule has 10 heteroatoms. The Balaban J connectivity index is 1.58. The maximum atomic E-state index is 14.0. The van der Waals surface area contributed by atoms with E-state index in [0.29, 0.717) is 36.6 Å².